The number of pyridine rings is 1. The zero-order chi connectivity index (χ0) is 18.6. The normalized spacial score (nSPS) is 11.2. The molecule has 0 spiro atoms. The van der Waals surface area contributed by atoms with Crippen LogP contribution < -0.4 is 10.1 Å². The number of thiazole rings is 1. The van der Waals surface area contributed by atoms with Crippen molar-refractivity contribution in [1.82, 2.24) is 9.97 Å². The molecular formula is C17H12F3N3O2S. The zero-order valence-electron chi connectivity index (χ0n) is 13.2. The average Bonchev–Trinajstić information content (AvgIpc) is 3.15. The Morgan fingerprint density at radius 1 is 1.19 bits per heavy atom. The first-order valence-electron chi connectivity index (χ1n) is 7.37. The summed E-state index contributed by atoms with van der Waals surface area (Å²) in [5, 5.41) is 5.40. The number of ether oxygens (including phenoxy) is 1. The molecule has 1 N–H and O–H groups in total. The second kappa shape index (κ2) is 7.52. The summed E-state index contributed by atoms with van der Waals surface area (Å²) in [6.07, 6.45) is -1.59. The molecule has 0 aliphatic heterocycles. The number of hydrogen-bond donors (Lipinski definition) is 1. The summed E-state index contributed by atoms with van der Waals surface area (Å²) in [4.78, 5) is 20.2. The molecule has 9 heteroatoms. The number of halogens is 3. The molecule has 0 radical (unpaired) electrons. The van der Waals surface area contributed by atoms with Crippen LogP contribution in [0.1, 0.15) is 10.4 Å². The first-order valence-corrected chi connectivity index (χ1v) is 8.25. The molecule has 0 fully saturated rings. The van der Waals surface area contributed by atoms with Crippen LogP contribution in [0.2, 0.25) is 0 Å². The monoisotopic (exact) mass is 379 g/mol. The number of alkyl halides is 3. The second-order valence-electron chi connectivity index (χ2n) is 5.16. The summed E-state index contributed by atoms with van der Waals surface area (Å²) in [5.74, 6) is -0.638. The Labute approximate surface area is 150 Å². The van der Waals surface area contributed by atoms with E-state index in [9.17, 15) is 18.0 Å². The van der Waals surface area contributed by atoms with Gasteiger partial charge < -0.3 is 10.1 Å². The predicted molar refractivity (Wildman–Crippen MR) is 91.3 cm³/mol. The zero-order valence-corrected chi connectivity index (χ0v) is 14.0. The second-order valence-corrected chi connectivity index (χ2v) is 6.06. The number of benzene rings is 1. The van der Waals surface area contributed by atoms with Gasteiger partial charge in [-0.15, -0.1) is 11.3 Å². The van der Waals surface area contributed by atoms with Crippen LogP contribution >= 0.6 is 11.3 Å². The van der Waals surface area contributed by atoms with E-state index in [2.05, 4.69) is 20.0 Å². The number of nitrogens with one attached hydrogen (secondary N) is 1. The summed E-state index contributed by atoms with van der Waals surface area (Å²) < 4.78 is 40.8. The molecule has 0 atom stereocenters. The van der Waals surface area contributed by atoms with Crippen LogP contribution in [-0.2, 0) is 0 Å². The van der Waals surface area contributed by atoms with Gasteiger partial charge in [0.05, 0.1) is 5.56 Å². The number of carbonyl (C=O) groups is 1. The number of hydrogen-bond acceptors (Lipinski definition) is 5. The van der Waals surface area contributed by atoms with Gasteiger partial charge in [0.15, 0.2) is 6.61 Å². The first kappa shape index (κ1) is 17.9. The Balaban J connectivity index is 1.66. The van der Waals surface area contributed by atoms with Gasteiger partial charge in [-0.05, 0) is 18.2 Å². The molecule has 2 aromatic heterocycles. The third-order valence-corrected chi connectivity index (χ3v) is 4.00. The van der Waals surface area contributed by atoms with Gasteiger partial charge in [-0.3, -0.25) is 4.79 Å². The first-order chi connectivity index (χ1) is 12.4. The van der Waals surface area contributed by atoms with E-state index in [1.807, 2.05) is 11.4 Å². The van der Waals surface area contributed by atoms with Gasteiger partial charge in [-0.25, -0.2) is 9.97 Å². The summed E-state index contributed by atoms with van der Waals surface area (Å²) in [7, 11) is 0. The third-order valence-electron chi connectivity index (χ3n) is 3.18. The van der Waals surface area contributed by atoms with E-state index in [-0.39, 0.29) is 11.4 Å². The van der Waals surface area contributed by atoms with Crippen molar-refractivity contribution in [2.24, 2.45) is 0 Å². The Bertz CT molecular complexity index is 881. The van der Waals surface area contributed by atoms with E-state index in [0.29, 0.717) is 5.69 Å². The van der Waals surface area contributed by atoms with Gasteiger partial charge in [0, 0.05) is 35.1 Å². The Kier molecular flexibility index (Phi) is 5.17. The minimum Gasteiger partial charge on any atom is -0.468 e. The van der Waals surface area contributed by atoms with Crippen molar-refractivity contribution < 1.29 is 22.7 Å². The SMILES string of the molecule is O=C(Nc1cccc(-c2nccs2)c1)c1ccc(OCC(F)(F)F)nc1. The van der Waals surface area contributed by atoms with Crippen molar-refractivity contribution in [1.29, 1.82) is 0 Å². The van der Waals surface area contributed by atoms with Gasteiger partial charge in [0.1, 0.15) is 5.01 Å². The molecule has 0 aliphatic carbocycles. The van der Waals surface area contributed by atoms with E-state index in [1.165, 1.54) is 23.5 Å². The van der Waals surface area contributed by atoms with Crippen LogP contribution in [0.25, 0.3) is 10.6 Å². The summed E-state index contributed by atoms with van der Waals surface area (Å²) in [6, 6.07) is 9.74. The number of nitrogens with zero attached hydrogens (tertiary/aromatic N) is 2. The fourth-order valence-electron chi connectivity index (χ4n) is 2.06. The Hall–Kier alpha value is -2.94. The molecule has 3 rings (SSSR count). The number of aromatic nitrogens is 2. The lowest BCUT2D eigenvalue weighted by Gasteiger charge is -2.09. The van der Waals surface area contributed by atoms with E-state index in [1.54, 1.807) is 24.4 Å². The van der Waals surface area contributed by atoms with E-state index in [4.69, 9.17) is 0 Å². The number of amides is 1. The van der Waals surface area contributed by atoms with Crippen LogP contribution in [0.4, 0.5) is 18.9 Å². The van der Waals surface area contributed by atoms with Gasteiger partial charge in [-0.1, -0.05) is 12.1 Å². The molecule has 134 valence electrons. The Morgan fingerprint density at radius 3 is 2.69 bits per heavy atom. The molecule has 3 aromatic rings. The summed E-state index contributed by atoms with van der Waals surface area (Å²) in [6.45, 7) is -1.44. The lowest BCUT2D eigenvalue weighted by Crippen LogP contribution is -2.19. The maximum Gasteiger partial charge on any atom is 0.422 e. The van der Waals surface area contributed by atoms with Crippen LogP contribution in [0.3, 0.4) is 0 Å². The maximum atomic E-state index is 12.3. The van der Waals surface area contributed by atoms with E-state index >= 15 is 0 Å². The lowest BCUT2D eigenvalue weighted by atomic mass is 10.2. The Morgan fingerprint density at radius 2 is 2.04 bits per heavy atom. The summed E-state index contributed by atoms with van der Waals surface area (Å²) in [5.41, 5.74) is 1.64. The standard InChI is InChI=1S/C17H12F3N3O2S/c18-17(19,20)10-25-14-5-4-12(9-22-14)15(24)23-13-3-1-2-11(8-13)16-21-6-7-26-16/h1-9H,10H2,(H,23,24). The van der Waals surface area contributed by atoms with Gasteiger partial charge in [-0.2, -0.15) is 13.2 Å². The largest absolute Gasteiger partial charge is 0.468 e. The van der Waals surface area contributed by atoms with Crippen LogP contribution in [0.15, 0.2) is 54.2 Å². The predicted octanol–water partition coefficient (Wildman–Crippen LogP) is 4.40. The summed E-state index contributed by atoms with van der Waals surface area (Å²) >= 11 is 1.48. The highest BCUT2D eigenvalue weighted by Gasteiger charge is 2.28. The maximum absolute atomic E-state index is 12.3. The molecule has 5 nitrogen and oxygen atoms in total. The van der Waals surface area contributed by atoms with Crippen molar-refractivity contribution >= 4 is 22.9 Å². The lowest BCUT2D eigenvalue weighted by molar-refractivity contribution is -0.154. The van der Waals surface area contributed by atoms with E-state index < -0.39 is 18.7 Å². The van der Waals surface area contributed by atoms with Crippen LogP contribution in [-0.4, -0.2) is 28.7 Å². The molecule has 0 bridgehead atoms. The molecule has 1 aromatic carbocycles. The molecular weight excluding hydrogens is 367 g/mol. The average molecular weight is 379 g/mol. The molecule has 0 unspecified atom stereocenters. The third kappa shape index (κ3) is 4.79. The van der Waals surface area contributed by atoms with Gasteiger partial charge in [0.25, 0.3) is 5.91 Å². The quantitative estimate of drug-likeness (QED) is 0.714. The van der Waals surface area contributed by atoms with Crippen molar-refractivity contribution in [2.75, 3.05) is 11.9 Å². The fraction of sp³-hybridized carbons (Fsp3) is 0.118. The number of carbonyl (C=O) groups excluding carboxylic acids is 1. The topological polar surface area (TPSA) is 64.1 Å². The fourth-order valence-corrected chi connectivity index (χ4v) is 2.69. The van der Waals surface area contributed by atoms with Gasteiger partial charge >= 0.3 is 6.18 Å². The highest BCUT2D eigenvalue weighted by Crippen LogP contribution is 2.24. The van der Waals surface area contributed by atoms with Crippen molar-refractivity contribution in [2.45, 2.75) is 6.18 Å². The molecule has 1 amide bonds. The van der Waals surface area contributed by atoms with Crippen LogP contribution in [0, 0.1) is 0 Å². The number of rotatable bonds is 5. The minimum absolute atomic E-state index is 0.198. The minimum atomic E-state index is -4.44. The molecule has 0 saturated heterocycles. The smallest absolute Gasteiger partial charge is 0.422 e. The van der Waals surface area contributed by atoms with E-state index in [0.717, 1.165) is 16.8 Å². The molecule has 0 aliphatic rings. The highest BCUT2D eigenvalue weighted by atomic mass is 32.1. The molecule has 2 heterocycles. The number of anilines is 1. The van der Waals surface area contributed by atoms with Crippen molar-refractivity contribution in [3.63, 3.8) is 0 Å². The highest BCUT2D eigenvalue weighted by molar-refractivity contribution is 7.13. The molecule has 26 heavy (non-hydrogen) atoms. The molecule has 0 saturated carbocycles. The van der Waals surface area contributed by atoms with Crippen molar-refractivity contribution in [3.05, 3.63) is 59.7 Å². The van der Waals surface area contributed by atoms with Crippen molar-refractivity contribution in [3.8, 4) is 16.5 Å². The van der Waals surface area contributed by atoms with Gasteiger partial charge in [0.2, 0.25) is 5.88 Å². The van der Waals surface area contributed by atoms with Crippen LogP contribution in [0.5, 0.6) is 5.88 Å².